The van der Waals surface area contributed by atoms with Gasteiger partial charge in [0.25, 0.3) is 0 Å². The molecule has 0 saturated carbocycles. The zero-order valence-corrected chi connectivity index (χ0v) is 14.0. The van der Waals surface area contributed by atoms with Crippen LogP contribution in [0, 0.1) is 0 Å². The average Bonchev–Trinajstić information content (AvgIpc) is 2.37. The van der Waals surface area contributed by atoms with E-state index in [-0.39, 0.29) is 5.54 Å². The third kappa shape index (κ3) is 3.24. The fraction of sp³-hybridized carbons (Fsp3) is 0.667. The number of rotatable bonds is 2. The van der Waals surface area contributed by atoms with E-state index in [1.807, 2.05) is 0 Å². The Morgan fingerprint density at radius 2 is 1.75 bits per heavy atom. The summed E-state index contributed by atoms with van der Waals surface area (Å²) >= 11 is 0. The highest BCUT2D eigenvalue weighted by atomic mass is 15.3. The fourth-order valence-corrected chi connectivity index (χ4v) is 3.33. The van der Waals surface area contributed by atoms with Gasteiger partial charge in [0.05, 0.1) is 0 Å². The first-order valence-corrected chi connectivity index (χ1v) is 7.85. The van der Waals surface area contributed by atoms with Crippen LogP contribution in [0.3, 0.4) is 0 Å². The number of hydrogen-bond acceptors (Lipinski definition) is 2. The Labute approximate surface area is 124 Å². The van der Waals surface area contributed by atoms with Crippen LogP contribution in [0.25, 0.3) is 0 Å². The fourth-order valence-electron chi connectivity index (χ4n) is 3.33. The maximum atomic E-state index is 2.67. The molecule has 1 unspecified atom stereocenters. The maximum absolute atomic E-state index is 2.67. The number of nitrogens with zero attached hydrogens (tertiary/aromatic N) is 2. The molecule has 0 radical (unpaired) electrons. The van der Waals surface area contributed by atoms with Crippen molar-refractivity contribution in [2.45, 2.75) is 52.1 Å². The van der Waals surface area contributed by atoms with Crippen LogP contribution < -0.4 is 0 Å². The van der Waals surface area contributed by atoms with Gasteiger partial charge in [-0.15, -0.1) is 0 Å². The molecule has 1 atom stereocenters. The van der Waals surface area contributed by atoms with E-state index in [0.717, 1.165) is 19.6 Å². The molecular weight excluding hydrogens is 244 g/mol. The SMILES string of the molecule is CC(C)c1ccccc1C1CN(C)CCN1C(C)(C)C. The maximum Gasteiger partial charge on any atom is 0.0483 e. The van der Waals surface area contributed by atoms with Gasteiger partial charge in [-0.25, -0.2) is 0 Å². The van der Waals surface area contributed by atoms with E-state index in [1.54, 1.807) is 0 Å². The van der Waals surface area contributed by atoms with Gasteiger partial charge in [0.1, 0.15) is 0 Å². The van der Waals surface area contributed by atoms with Gasteiger partial charge in [0.2, 0.25) is 0 Å². The van der Waals surface area contributed by atoms with Gasteiger partial charge in [0.15, 0.2) is 0 Å². The minimum absolute atomic E-state index is 0.218. The summed E-state index contributed by atoms with van der Waals surface area (Å²) in [7, 11) is 2.24. The van der Waals surface area contributed by atoms with Crippen molar-refractivity contribution in [2.75, 3.05) is 26.7 Å². The van der Waals surface area contributed by atoms with Crippen LogP contribution in [0.15, 0.2) is 24.3 Å². The lowest BCUT2D eigenvalue weighted by Gasteiger charge is -2.48. The highest BCUT2D eigenvalue weighted by Gasteiger charge is 2.34. The molecule has 20 heavy (non-hydrogen) atoms. The Kier molecular flexibility index (Phi) is 4.55. The molecule has 112 valence electrons. The smallest absolute Gasteiger partial charge is 0.0483 e. The molecule has 0 bridgehead atoms. The van der Waals surface area contributed by atoms with Crippen molar-refractivity contribution in [3.8, 4) is 0 Å². The molecule has 2 rings (SSSR count). The molecule has 1 aromatic carbocycles. The summed E-state index contributed by atoms with van der Waals surface area (Å²) in [5, 5.41) is 0. The van der Waals surface area contributed by atoms with Gasteiger partial charge in [-0.3, -0.25) is 4.90 Å². The quantitative estimate of drug-likeness (QED) is 0.807. The third-order valence-electron chi connectivity index (χ3n) is 4.42. The minimum Gasteiger partial charge on any atom is -0.303 e. The molecule has 1 saturated heterocycles. The Bertz CT molecular complexity index is 445. The lowest BCUT2D eigenvalue weighted by Crippen LogP contribution is -2.54. The average molecular weight is 274 g/mol. The van der Waals surface area contributed by atoms with Crippen molar-refractivity contribution < 1.29 is 0 Å². The molecule has 1 aliphatic heterocycles. The monoisotopic (exact) mass is 274 g/mol. The van der Waals surface area contributed by atoms with Gasteiger partial charge < -0.3 is 4.90 Å². The van der Waals surface area contributed by atoms with E-state index in [4.69, 9.17) is 0 Å². The van der Waals surface area contributed by atoms with E-state index >= 15 is 0 Å². The summed E-state index contributed by atoms with van der Waals surface area (Å²) in [4.78, 5) is 5.14. The first-order valence-electron chi connectivity index (χ1n) is 7.85. The Hall–Kier alpha value is -0.860. The van der Waals surface area contributed by atoms with Crippen LogP contribution in [0.5, 0.6) is 0 Å². The van der Waals surface area contributed by atoms with Crippen molar-refractivity contribution in [1.29, 1.82) is 0 Å². The van der Waals surface area contributed by atoms with Crippen LogP contribution in [0.2, 0.25) is 0 Å². The normalized spacial score (nSPS) is 22.4. The summed E-state index contributed by atoms with van der Waals surface area (Å²) in [5.74, 6) is 0.584. The van der Waals surface area contributed by atoms with Crippen molar-refractivity contribution >= 4 is 0 Å². The third-order valence-corrected chi connectivity index (χ3v) is 4.42. The second-order valence-corrected chi connectivity index (χ2v) is 7.43. The summed E-state index contributed by atoms with van der Waals surface area (Å²) in [5.41, 5.74) is 3.24. The van der Waals surface area contributed by atoms with Crippen molar-refractivity contribution in [3.63, 3.8) is 0 Å². The summed E-state index contributed by atoms with van der Waals surface area (Å²) < 4.78 is 0. The van der Waals surface area contributed by atoms with Crippen molar-refractivity contribution in [1.82, 2.24) is 9.80 Å². The molecule has 1 aromatic rings. The molecule has 1 aliphatic rings. The standard InChI is InChI=1S/C18H30N2/c1-14(2)15-9-7-8-10-16(15)17-13-19(6)11-12-20(17)18(3,4)5/h7-10,14,17H,11-13H2,1-6H3. The van der Waals surface area contributed by atoms with Crippen LogP contribution in [0.4, 0.5) is 0 Å². The molecule has 0 amide bonds. The largest absolute Gasteiger partial charge is 0.303 e. The first-order chi connectivity index (χ1) is 9.30. The van der Waals surface area contributed by atoms with E-state index in [1.165, 1.54) is 11.1 Å². The predicted molar refractivity (Wildman–Crippen MR) is 87.2 cm³/mol. The van der Waals surface area contributed by atoms with Gasteiger partial charge in [-0.1, -0.05) is 38.1 Å². The predicted octanol–water partition coefficient (Wildman–Crippen LogP) is 3.90. The summed E-state index contributed by atoms with van der Waals surface area (Å²) in [6.45, 7) is 15.0. The summed E-state index contributed by atoms with van der Waals surface area (Å²) in [6, 6.07) is 9.50. The second kappa shape index (κ2) is 5.87. The molecule has 2 heteroatoms. The lowest BCUT2D eigenvalue weighted by atomic mass is 9.88. The lowest BCUT2D eigenvalue weighted by molar-refractivity contribution is 0.0175. The van der Waals surface area contributed by atoms with Crippen molar-refractivity contribution in [3.05, 3.63) is 35.4 Å². The molecule has 1 heterocycles. The number of benzene rings is 1. The Morgan fingerprint density at radius 1 is 1.10 bits per heavy atom. The molecule has 0 N–H and O–H groups in total. The molecule has 0 aromatic heterocycles. The van der Waals surface area contributed by atoms with Crippen LogP contribution in [-0.4, -0.2) is 42.0 Å². The number of hydrogen-bond donors (Lipinski definition) is 0. The van der Waals surface area contributed by atoms with Crippen molar-refractivity contribution in [2.24, 2.45) is 0 Å². The van der Waals surface area contributed by atoms with Gasteiger partial charge in [0, 0.05) is 31.2 Å². The molecule has 1 fully saturated rings. The highest BCUT2D eigenvalue weighted by Crippen LogP contribution is 2.35. The highest BCUT2D eigenvalue weighted by molar-refractivity contribution is 5.33. The first kappa shape index (κ1) is 15.5. The molecule has 2 nitrogen and oxygen atoms in total. The summed E-state index contributed by atoms with van der Waals surface area (Å²) in [6.07, 6.45) is 0. The number of piperazine rings is 1. The van der Waals surface area contributed by atoms with Crippen LogP contribution >= 0.6 is 0 Å². The Morgan fingerprint density at radius 3 is 2.35 bits per heavy atom. The van der Waals surface area contributed by atoms with E-state index in [0.29, 0.717) is 12.0 Å². The zero-order chi connectivity index (χ0) is 14.9. The second-order valence-electron chi connectivity index (χ2n) is 7.43. The van der Waals surface area contributed by atoms with E-state index in [2.05, 4.69) is 75.7 Å². The topological polar surface area (TPSA) is 6.48 Å². The molecule has 0 spiro atoms. The number of likely N-dealkylation sites (N-methyl/N-ethyl adjacent to an activating group) is 1. The Balaban J connectivity index is 2.41. The zero-order valence-electron chi connectivity index (χ0n) is 14.0. The molecule has 0 aliphatic carbocycles. The van der Waals surface area contributed by atoms with Crippen LogP contribution in [0.1, 0.15) is 57.7 Å². The van der Waals surface area contributed by atoms with Gasteiger partial charge in [-0.05, 0) is 44.9 Å². The minimum atomic E-state index is 0.218. The van der Waals surface area contributed by atoms with E-state index in [9.17, 15) is 0 Å². The molecular formula is C18H30N2. The van der Waals surface area contributed by atoms with E-state index < -0.39 is 0 Å². The van der Waals surface area contributed by atoms with Crippen LogP contribution in [-0.2, 0) is 0 Å². The van der Waals surface area contributed by atoms with Gasteiger partial charge in [-0.2, -0.15) is 0 Å². The van der Waals surface area contributed by atoms with Gasteiger partial charge >= 0.3 is 0 Å².